The number of likely N-dealkylation sites (tertiary alicyclic amines) is 1. The Hall–Kier alpha value is -1.53. The van der Waals surface area contributed by atoms with E-state index in [4.69, 9.17) is 0 Å². The molecule has 0 radical (unpaired) electrons. The maximum Gasteiger partial charge on any atom is 0.222 e. The summed E-state index contributed by atoms with van der Waals surface area (Å²) in [6, 6.07) is 2.26. The van der Waals surface area contributed by atoms with E-state index in [2.05, 4.69) is 30.5 Å². The normalized spacial score (nSPS) is 20.1. The molecular formula is C12H15N5S. The summed E-state index contributed by atoms with van der Waals surface area (Å²) in [6.45, 7) is 3.06. The van der Waals surface area contributed by atoms with Crippen LogP contribution in [0.1, 0.15) is 12.1 Å². The van der Waals surface area contributed by atoms with E-state index in [0.717, 1.165) is 37.7 Å². The lowest BCUT2D eigenvalue weighted by molar-refractivity contribution is 0.325. The molecule has 0 saturated carbocycles. The number of aromatic nitrogens is 3. The summed E-state index contributed by atoms with van der Waals surface area (Å²) in [5.41, 5.74) is 3.05. The van der Waals surface area contributed by atoms with Crippen LogP contribution in [0.4, 0.5) is 5.95 Å². The maximum absolute atomic E-state index is 4.32. The van der Waals surface area contributed by atoms with E-state index in [1.165, 1.54) is 0 Å². The molecule has 6 heteroatoms. The third kappa shape index (κ3) is 2.83. The highest BCUT2D eigenvalue weighted by Gasteiger charge is 2.23. The average Bonchev–Trinajstić information content (AvgIpc) is 3.03. The lowest BCUT2D eigenvalue weighted by atomic mass is 10.3. The Morgan fingerprint density at radius 1 is 1.33 bits per heavy atom. The van der Waals surface area contributed by atoms with Gasteiger partial charge in [-0.1, -0.05) is 0 Å². The highest BCUT2D eigenvalue weighted by atomic mass is 32.1. The van der Waals surface area contributed by atoms with Gasteiger partial charge in [0.25, 0.3) is 0 Å². The van der Waals surface area contributed by atoms with Crippen LogP contribution in [0.2, 0.25) is 0 Å². The average molecular weight is 261 g/mol. The van der Waals surface area contributed by atoms with Gasteiger partial charge in [-0.2, -0.15) is 0 Å². The van der Waals surface area contributed by atoms with Crippen molar-refractivity contribution in [2.45, 2.75) is 19.0 Å². The molecule has 0 spiro atoms. The SMILES string of the molecule is c1cnc(NC2CCN(Cc3cscn3)C2)nc1. The Labute approximate surface area is 110 Å². The van der Waals surface area contributed by atoms with Crippen LogP contribution in [0.15, 0.2) is 29.4 Å². The molecule has 5 nitrogen and oxygen atoms in total. The van der Waals surface area contributed by atoms with Gasteiger partial charge in [-0.3, -0.25) is 4.90 Å². The monoisotopic (exact) mass is 261 g/mol. The summed E-state index contributed by atoms with van der Waals surface area (Å²) >= 11 is 1.65. The molecule has 1 aliphatic rings. The minimum absolute atomic E-state index is 0.436. The lowest BCUT2D eigenvalue weighted by Crippen LogP contribution is -2.26. The summed E-state index contributed by atoms with van der Waals surface area (Å²) < 4.78 is 0. The molecular weight excluding hydrogens is 246 g/mol. The quantitative estimate of drug-likeness (QED) is 0.906. The van der Waals surface area contributed by atoms with E-state index in [-0.39, 0.29) is 0 Å². The van der Waals surface area contributed by atoms with Gasteiger partial charge in [0.05, 0.1) is 11.2 Å². The van der Waals surface area contributed by atoms with Crippen molar-refractivity contribution in [3.05, 3.63) is 35.0 Å². The van der Waals surface area contributed by atoms with Gasteiger partial charge in [-0.05, 0) is 12.5 Å². The largest absolute Gasteiger partial charge is 0.350 e. The standard InChI is InChI=1S/C12H15N5S/c1-3-13-12(14-4-1)16-10-2-5-17(6-10)7-11-8-18-9-15-11/h1,3-4,8-10H,2,5-7H2,(H,13,14,16). The Morgan fingerprint density at radius 3 is 3.00 bits per heavy atom. The highest BCUT2D eigenvalue weighted by Crippen LogP contribution is 2.15. The van der Waals surface area contributed by atoms with Gasteiger partial charge < -0.3 is 5.32 Å². The van der Waals surface area contributed by atoms with E-state index in [9.17, 15) is 0 Å². The van der Waals surface area contributed by atoms with Crippen molar-refractivity contribution in [2.24, 2.45) is 0 Å². The first-order chi connectivity index (χ1) is 8.90. The predicted octanol–water partition coefficient (Wildman–Crippen LogP) is 1.62. The minimum atomic E-state index is 0.436. The molecule has 1 atom stereocenters. The molecule has 18 heavy (non-hydrogen) atoms. The second kappa shape index (κ2) is 5.41. The van der Waals surface area contributed by atoms with Gasteiger partial charge in [0.2, 0.25) is 5.95 Å². The third-order valence-corrected chi connectivity index (χ3v) is 3.68. The van der Waals surface area contributed by atoms with E-state index in [1.54, 1.807) is 23.7 Å². The van der Waals surface area contributed by atoms with Crippen LogP contribution in [0.25, 0.3) is 0 Å². The Kier molecular flexibility index (Phi) is 3.47. The number of anilines is 1. The summed E-state index contributed by atoms with van der Waals surface area (Å²) in [6.07, 6.45) is 4.65. The van der Waals surface area contributed by atoms with Crippen molar-refractivity contribution >= 4 is 17.3 Å². The number of hydrogen-bond acceptors (Lipinski definition) is 6. The molecule has 3 rings (SSSR count). The summed E-state index contributed by atoms with van der Waals surface area (Å²) in [5, 5.41) is 5.48. The van der Waals surface area contributed by atoms with Crippen LogP contribution in [-0.4, -0.2) is 39.0 Å². The van der Waals surface area contributed by atoms with Crippen molar-refractivity contribution in [2.75, 3.05) is 18.4 Å². The number of rotatable bonds is 4. The zero-order valence-corrected chi connectivity index (χ0v) is 10.8. The second-order valence-electron chi connectivity index (χ2n) is 4.42. The van der Waals surface area contributed by atoms with Gasteiger partial charge in [-0.15, -0.1) is 11.3 Å². The fourth-order valence-corrected chi connectivity index (χ4v) is 2.74. The van der Waals surface area contributed by atoms with Gasteiger partial charge in [0.1, 0.15) is 0 Å². The van der Waals surface area contributed by atoms with Crippen LogP contribution in [0, 0.1) is 0 Å². The molecule has 1 N–H and O–H groups in total. The van der Waals surface area contributed by atoms with Gasteiger partial charge in [0, 0.05) is 43.4 Å². The van der Waals surface area contributed by atoms with Gasteiger partial charge in [-0.25, -0.2) is 15.0 Å². The van der Waals surface area contributed by atoms with Crippen molar-refractivity contribution in [1.29, 1.82) is 0 Å². The highest BCUT2D eigenvalue weighted by molar-refractivity contribution is 7.07. The predicted molar refractivity (Wildman–Crippen MR) is 71.5 cm³/mol. The maximum atomic E-state index is 4.32. The van der Waals surface area contributed by atoms with Crippen LogP contribution < -0.4 is 5.32 Å². The molecule has 0 aromatic carbocycles. The molecule has 1 fully saturated rings. The molecule has 1 unspecified atom stereocenters. The molecule has 94 valence electrons. The van der Waals surface area contributed by atoms with Crippen LogP contribution >= 0.6 is 11.3 Å². The molecule has 2 aromatic rings. The first-order valence-corrected chi connectivity index (χ1v) is 6.97. The van der Waals surface area contributed by atoms with Crippen molar-refractivity contribution in [3.63, 3.8) is 0 Å². The molecule has 0 amide bonds. The zero-order chi connectivity index (χ0) is 12.2. The van der Waals surface area contributed by atoms with Crippen molar-refractivity contribution in [3.8, 4) is 0 Å². The van der Waals surface area contributed by atoms with Crippen molar-refractivity contribution < 1.29 is 0 Å². The summed E-state index contributed by atoms with van der Waals surface area (Å²) in [7, 11) is 0. The second-order valence-corrected chi connectivity index (χ2v) is 5.14. The van der Waals surface area contributed by atoms with E-state index in [0.29, 0.717) is 6.04 Å². The fraction of sp³-hybridized carbons (Fsp3) is 0.417. The smallest absolute Gasteiger partial charge is 0.222 e. The molecule has 0 bridgehead atoms. The van der Waals surface area contributed by atoms with Gasteiger partial charge in [0.15, 0.2) is 0 Å². The first-order valence-electron chi connectivity index (χ1n) is 6.03. The Morgan fingerprint density at radius 2 is 2.22 bits per heavy atom. The number of thiazole rings is 1. The summed E-state index contributed by atoms with van der Waals surface area (Å²) in [5.74, 6) is 0.720. The molecule has 0 aliphatic carbocycles. The van der Waals surface area contributed by atoms with E-state index in [1.807, 2.05) is 11.6 Å². The fourth-order valence-electron chi connectivity index (χ4n) is 2.19. The van der Waals surface area contributed by atoms with E-state index >= 15 is 0 Å². The third-order valence-electron chi connectivity index (χ3n) is 3.04. The molecule has 2 aromatic heterocycles. The van der Waals surface area contributed by atoms with Crippen LogP contribution in [0.3, 0.4) is 0 Å². The molecule has 3 heterocycles. The number of nitrogens with one attached hydrogen (secondary N) is 1. The van der Waals surface area contributed by atoms with Crippen LogP contribution in [0.5, 0.6) is 0 Å². The minimum Gasteiger partial charge on any atom is -0.350 e. The van der Waals surface area contributed by atoms with E-state index < -0.39 is 0 Å². The van der Waals surface area contributed by atoms with Crippen molar-refractivity contribution in [1.82, 2.24) is 19.9 Å². The summed E-state index contributed by atoms with van der Waals surface area (Å²) in [4.78, 5) is 15.1. The Bertz CT molecular complexity index is 472. The van der Waals surface area contributed by atoms with Gasteiger partial charge >= 0.3 is 0 Å². The Balaban J connectivity index is 1.52. The molecule has 1 saturated heterocycles. The van der Waals surface area contributed by atoms with Crippen LogP contribution in [-0.2, 0) is 6.54 Å². The lowest BCUT2D eigenvalue weighted by Gasteiger charge is -2.15. The zero-order valence-electron chi connectivity index (χ0n) is 9.99. The first kappa shape index (κ1) is 11.6. The molecule has 1 aliphatic heterocycles. The number of hydrogen-bond donors (Lipinski definition) is 1. The topological polar surface area (TPSA) is 53.9 Å². The number of nitrogens with zero attached hydrogens (tertiary/aromatic N) is 4.